The fourth-order valence-corrected chi connectivity index (χ4v) is 3.36. The molecule has 2 aromatic rings. The van der Waals surface area contributed by atoms with Crippen LogP contribution < -0.4 is 4.90 Å². The third-order valence-corrected chi connectivity index (χ3v) is 4.87. The van der Waals surface area contributed by atoms with Crippen molar-refractivity contribution in [3.63, 3.8) is 0 Å². The van der Waals surface area contributed by atoms with Gasteiger partial charge in [0, 0.05) is 12.2 Å². The van der Waals surface area contributed by atoms with Crippen LogP contribution in [-0.2, 0) is 41.6 Å². The summed E-state index contributed by atoms with van der Waals surface area (Å²) in [5.74, 6) is -1.86. The second-order valence-corrected chi connectivity index (χ2v) is 8.75. The fraction of sp³-hybridized carbons (Fsp3) is 0.400. The lowest BCUT2D eigenvalue weighted by atomic mass is 10.1. The number of carbonyl (C=O) groups is 3. The van der Waals surface area contributed by atoms with Crippen LogP contribution >= 0.6 is 0 Å². The first kappa shape index (κ1) is 24.4. The lowest BCUT2D eigenvalue weighted by molar-refractivity contribution is -0.177. The Morgan fingerprint density at radius 3 is 2.52 bits per heavy atom. The van der Waals surface area contributed by atoms with Crippen LogP contribution in [0.25, 0.3) is 0 Å². The summed E-state index contributed by atoms with van der Waals surface area (Å²) in [5, 5.41) is 10.4. The third kappa shape index (κ3) is 6.87. The number of ether oxygens (including phenoxy) is 3. The normalized spacial score (nSPS) is 17.4. The molecule has 1 aliphatic heterocycles. The molecule has 1 aliphatic rings. The Morgan fingerprint density at radius 2 is 1.82 bits per heavy atom. The molecule has 176 valence electrons. The average molecular weight is 456 g/mol. The zero-order chi connectivity index (χ0) is 24.0. The minimum Gasteiger partial charge on any atom is -0.461 e. The van der Waals surface area contributed by atoms with E-state index < -0.39 is 29.7 Å². The van der Waals surface area contributed by atoms with Gasteiger partial charge in [-0.1, -0.05) is 42.5 Å². The number of nitrogens with zero attached hydrogens (tertiary/aromatic N) is 1. The molecule has 1 N–H and O–H groups in total. The number of anilines is 1. The van der Waals surface area contributed by atoms with E-state index in [0.717, 1.165) is 5.56 Å². The van der Waals surface area contributed by atoms with Crippen molar-refractivity contribution in [3.8, 4) is 0 Å². The van der Waals surface area contributed by atoms with E-state index in [4.69, 9.17) is 14.2 Å². The minimum atomic E-state index is -1.74. The SMILES string of the molecule is CC(C)(C)OC(=O)[C@H](O)[C@H]1OCCN(c2cccc(CC(=O)OCc3ccccc3)c2)C1=O. The largest absolute Gasteiger partial charge is 0.461 e. The highest BCUT2D eigenvalue weighted by molar-refractivity contribution is 6.00. The Balaban J connectivity index is 1.64. The zero-order valence-electron chi connectivity index (χ0n) is 19.0. The molecule has 0 bridgehead atoms. The number of morpholine rings is 1. The predicted molar refractivity (Wildman–Crippen MR) is 120 cm³/mol. The third-order valence-electron chi connectivity index (χ3n) is 4.87. The summed E-state index contributed by atoms with van der Waals surface area (Å²) < 4.78 is 15.9. The molecule has 0 unspecified atom stereocenters. The van der Waals surface area contributed by atoms with Crippen LogP contribution in [0.2, 0.25) is 0 Å². The van der Waals surface area contributed by atoms with E-state index >= 15 is 0 Å². The summed E-state index contributed by atoms with van der Waals surface area (Å²) in [4.78, 5) is 38.9. The van der Waals surface area contributed by atoms with Gasteiger partial charge in [-0.25, -0.2) is 4.79 Å². The molecule has 1 heterocycles. The van der Waals surface area contributed by atoms with Crippen LogP contribution in [0.5, 0.6) is 0 Å². The standard InChI is InChI=1S/C25H29NO7/c1-25(2,3)33-24(30)21(28)22-23(29)26(12-13-31-22)19-11-7-10-18(14-19)15-20(27)32-16-17-8-5-4-6-9-17/h4-11,14,21-22,28H,12-13,15-16H2,1-3H3/t21-,22-/m1/s1. The molecule has 0 saturated carbocycles. The van der Waals surface area contributed by atoms with Crippen LogP contribution in [0.4, 0.5) is 5.69 Å². The molecule has 0 aliphatic carbocycles. The first-order valence-corrected chi connectivity index (χ1v) is 10.8. The van der Waals surface area contributed by atoms with Crippen molar-refractivity contribution in [1.29, 1.82) is 0 Å². The number of hydrogen-bond donors (Lipinski definition) is 1. The number of rotatable bonds is 7. The van der Waals surface area contributed by atoms with Gasteiger partial charge in [0.2, 0.25) is 0 Å². The molecule has 2 aromatic carbocycles. The first-order chi connectivity index (χ1) is 15.6. The average Bonchev–Trinajstić information content (AvgIpc) is 2.77. The molecule has 8 nitrogen and oxygen atoms in total. The van der Waals surface area contributed by atoms with Crippen molar-refractivity contribution >= 4 is 23.5 Å². The first-order valence-electron chi connectivity index (χ1n) is 10.8. The van der Waals surface area contributed by atoms with Gasteiger partial charge >= 0.3 is 11.9 Å². The van der Waals surface area contributed by atoms with Gasteiger partial charge in [-0.15, -0.1) is 0 Å². The maximum absolute atomic E-state index is 13.0. The Kier molecular flexibility index (Phi) is 7.84. The van der Waals surface area contributed by atoms with Gasteiger partial charge in [-0.2, -0.15) is 0 Å². The molecule has 0 aromatic heterocycles. The van der Waals surface area contributed by atoms with Crippen molar-refractivity contribution in [3.05, 3.63) is 65.7 Å². The number of carbonyl (C=O) groups excluding carboxylic acids is 3. The highest BCUT2D eigenvalue weighted by atomic mass is 16.6. The van der Waals surface area contributed by atoms with Crippen LogP contribution in [0.15, 0.2) is 54.6 Å². The topological polar surface area (TPSA) is 102 Å². The summed E-state index contributed by atoms with van der Waals surface area (Å²) in [6.07, 6.45) is -3.06. The number of aliphatic hydroxyl groups is 1. The maximum atomic E-state index is 13.0. The van der Waals surface area contributed by atoms with E-state index in [1.54, 1.807) is 45.0 Å². The number of hydrogen-bond acceptors (Lipinski definition) is 7. The molecule has 3 rings (SSSR count). The van der Waals surface area contributed by atoms with Gasteiger partial charge in [0.1, 0.15) is 12.2 Å². The van der Waals surface area contributed by atoms with Crippen LogP contribution in [0.3, 0.4) is 0 Å². The Bertz CT molecular complexity index is 984. The molecule has 1 saturated heterocycles. The Morgan fingerprint density at radius 1 is 1.12 bits per heavy atom. The van der Waals surface area contributed by atoms with Gasteiger partial charge in [-0.05, 0) is 44.0 Å². The van der Waals surface area contributed by atoms with E-state index in [9.17, 15) is 19.5 Å². The smallest absolute Gasteiger partial charge is 0.338 e. The van der Waals surface area contributed by atoms with Gasteiger partial charge in [0.15, 0.2) is 12.2 Å². The van der Waals surface area contributed by atoms with Gasteiger partial charge in [-0.3, -0.25) is 9.59 Å². The molecule has 0 spiro atoms. The maximum Gasteiger partial charge on any atom is 0.338 e. The molecular weight excluding hydrogens is 426 g/mol. The zero-order valence-corrected chi connectivity index (χ0v) is 19.0. The number of amides is 1. The summed E-state index contributed by atoms with van der Waals surface area (Å²) >= 11 is 0. The molecule has 8 heteroatoms. The van der Waals surface area contributed by atoms with Crippen LogP contribution in [0.1, 0.15) is 31.9 Å². The van der Waals surface area contributed by atoms with Crippen molar-refractivity contribution in [2.24, 2.45) is 0 Å². The van der Waals surface area contributed by atoms with Crippen LogP contribution in [0, 0.1) is 0 Å². The fourth-order valence-electron chi connectivity index (χ4n) is 3.36. The van der Waals surface area contributed by atoms with Crippen molar-refractivity contribution in [1.82, 2.24) is 0 Å². The van der Waals surface area contributed by atoms with Crippen molar-refractivity contribution in [2.75, 3.05) is 18.1 Å². The van der Waals surface area contributed by atoms with E-state index in [0.29, 0.717) is 11.3 Å². The predicted octanol–water partition coefficient (Wildman–Crippen LogP) is 2.41. The Labute approximate surface area is 193 Å². The van der Waals surface area contributed by atoms with Gasteiger partial charge in [0.05, 0.1) is 13.0 Å². The second-order valence-electron chi connectivity index (χ2n) is 8.75. The molecule has 1 fully saturated rings. The molecule has 1 amide bonds. The van der Waals surface area contributed by atoms with Crippen molar-refractivity contribution in [2.45, 2.75) is 51.6 Å². The number of benzene rings is 2. The number of aliphatic hydroxyl groups excluding tert-OH is 1. The van der Waals surface area contributed by atoms with Gasteiger partial charge < -0.3 is 24.2 Å². The second kappa shape index (κ2) is 10.6. The molecule has 0 radical (unpaired) electrons. The Hall–Kier alpha value is -3.23. The summed E-state index contributed by atoms with van der Waals surface area (Å²) in [6, 6.07) is 16.3. The summed E-state index contributed by atoms with van der Waals surface area (Å²) in [5.41, 5.74) is 1.30. The monoisotopic (exact) mass is 455 g/mol. The van der Waals surface area contributed by atoms with Crippen LogP contribution in [-0.4, -0.2) is 53.9 Å². The van der Waals surface area contributed by atoms with E-state index in [2.05, 4.69) is 0 Å². The summed E-state index contributed by atoms with van der Waals surface area (Å²) in [7, 11) is 0. The van der Waals surface area contributed by atoms with E-state index in [1.165, 1.54) is 4.90 Å². The molecular formula is C25H29NO7. The minimum absolute atomic E-state index is 0.0448. The van der Waals surface area contributed by atoms with Crippen molar-refractivity contribution < 1.29 is 33.7 Å². The number of esters is 2. The quantitative estimate of drug-likeness (QED) is 0.640. The van der Waals surface area contributed by atoms with Gasteiger partial charge in [0.25, 0.3) is 5.91 Å². The summed E-state index contributed by atoms with van der Waals surface area (Å²) in [6.45, 7) is 5.58. The highest BCUT2D eigenvalue weighted by Crippen LogP contribution is 2.23. The van der Waals surface area contributed by atoms with E-state index in [1.807, 2.05) is 30.3 Å². The highest BCUT2D eigenvalue weighted by Gasteiger charge is 2.41. The molecule has 2 atom stereocenters. The van der Waals surface area contributed by atoms with E-state index in [-0.39, 0.29) is 32.1 Å². The lowest BCUT2D eigenvalue weighted by Crippen LogP contribution is -2.55. The molecule has 33 heavy (non-hydrogen) atoms. The lowest BCUT2D eigenvalue weighted by Gasteiger charge is -2.34.